The number of hydrogen-bond acceptors (Lipinski definition) is 5. The molecule has 2 aliphatic heterocycles. The van der Waals surface area contributed by atoms with Crippen LogP contribution in [0.15, 0.2) is 12.1 Å². The van der Waals surface area contributed by atoms with Gasteiger partial charge in [0.05, 0.1) is 38.5 Å². The normalized spacial score (nSPS) is 21.6. The zero-order valence-corrected chi connectivity index (χ0v) is 18.5. The monoisotopic (exact) mass is 472 g/mol. The van der Waals surface area contributed by atoms with Crippen LogP contribution in [-0.4, -0.2) is 72.4 Å². The van der Waals surface area contributed by atoms with Gasteiger partial charge in [-0.25, -0.2) is 22.5 Å². The van der Waals surface area contributed by atoms with Gasteiger partial charge in [0, 0.05) is 18.5 Å². The van der Waals surface area contributed by atoms with E-state index >= 15 is 0 Å². The molecule has 1 N–H and O–H groups in total. The van der Waals surface area contributed by atoms with E-state index in [2.05, 4.69) is 10.3 Å². The summed E-state index contributed by atoms with van der Waals surface area (Å²) in [5.74, 6) is -6.07. The Kier molecular flexibility index (Phi) is 6.41. The molecule has 2 amide bonds. The molecule has 3 heterocycles. The number of ether oxygens (including phenoxy) is 1. The van der Waals surface area contributed by atoms with E-state index in [-0.39, 0.29) is 23.7 Å². The average Bonchev–Trinajstić information content (AvgIpc) is 3.53. The van der Waals surface area contributed by atoms with Crippen LogP contribution in [0.25, 0.3) is 0 Å². The Hall–Kier alpha value is -2.59. The Morgan fingerprint density at radius 2 is 1.82 bits per heavy atom. The quantitative estimate of drug-likeness (QED) is 0.530. The minimum atomic E-state index is -2.86. The standard InChI is InChI=1S/C22H28F4N4O3/c1-2-3-15(8-18(31)30-12-22(25,26)13-30)27-20(32)19-16(29-10-21(23,24)11-29)6-7-17(28-19)33-9-14-4-5-14/h6-7,14-15H,2-5,8-13H2,1H3,(H,27,32)/t15-/m0/s1. The number of halogens is 4. The van der Waals surface area contributed by atoms with Crippen molar-refractivity contribution in [2.45, 2.75) is 56.9 Å². The van der Waals surface area contributed by atoms with Crippen molar-refractivity contribution < 1.29 is 31.9 Å². The first kappa shape index (κ1) is 23.6. The lowest BCUT2D eigenvalue weighted by Gasteiger charge is -2.41. The van der Waals surface area contributed by atoms with Crippen LogP contribution in [0.4, 0.5) is 23.2 Å². The summed E-state index contributed by atoms with van der Waals surface area (Å²) in [6.45, 7) is 0.0819. The van der Waals surface area contributed by atoms with E-state index in [0.717, 1.165) is 17.7 Å². The maximum Gasteiger partial charge on any atom is 0.282 e. The summed E-state index contributed by atoms with van der Waals surface area (Å²) in [5.41, 5.74) is 0.212. The van der Waals surface area contributed by atoms with Gasteiger partial charge >= 0.3 is 0 Å². The van der Waals surface area contributed by atoms with Crippen LogP contribution in [-0.2, 0) is 4.79 Å². The molecule has 3 aliphatic rings. The second-order valence-corrected chi connectivity index (χ2v) is 9.25. The van der Waals surface area contributed by atoms with Crippen molar-refractivity contribution in [3.05, 3.63) is 17.8 Å². The Bertz CT molecular complexity index is 894. The van der Waals surface area contributed by atoms with Gasteiger partial charge in [0.15, 0.2) is 5.69 Å². The van der Waals surface area contributed by atoms with Gasteiger partial charge in [-0.3, -0.25) is 9.59 Å². The molecule has 0 spiro atoms. The van der Waals surface area contributed by atoms with Crippen molar-refractivity contribution in [1.82, 2.24) is 15.2 Å². The number of alkyl halides is 4. The fourth-order valence-corrected chi connectivity index (χ4v) is 3.96. The number of hydrogen-bond donors (Lipinski definition) is 1. The molecule has 0 aromatic carbocycles. The maximum atomic E-state index is 13.4. The molecule has 182 valence electrons. The van der Waals surface area contributed by atoms with Crippen LogP contribution >= 0.6 is 0 Å². The lowest BCUT2D eigenvalue weighted by Crippen LogP contribution is -2.59. The van der Waals surface area contributed by atoms with Crippen LogP contribution < -0.4 is 15.0 Å². The molecule has 7 nitrogen and oxygen atoms in total. The zero-order valence-electron chi connectivity index (χ0n) is 18.5. The number of nitrogens with one attached hydrogen (secondary N) is 1. The van der Waals surface area contributed by atoms with Gasteiger partial charge in [0.25, 0.3) is 17.8 Å². The average molecular weight is 472 g/mol. The molecule has 1 aromatic rings. The highest BCUT2D eigenvalue weighted by Crippen LogP contribution is 2.35. The minimum Gasteiger partial charge on any atom is -0.477 e. The largest absolute Gasteiger partial charge is 0.477 e. The molecule has 1 atom stereocenters. The zero-order chi connectivity index (χ0) is 23.8. The van der Waals surface area contributed by atoms with E-state index in [4.69, 9.17) is 4.74 Å². The molecule has 0 unspecified atom stereocenters. The SMILES string of the molecule is CCC[C@@H](CC(=O)N1CC(F)(F)C1)NC(=O)c1nc(OCC2CC2)ccc1N1CC(F)(F)C1. The fourth-order valence-electron chi connectivity index (χ4n) is 3.96. The number of carbonyl (C=O) groups excluding carboxylic acids is 2. The smallest absolute Gasteiger partial charge is 0.282 e. The predicted molar refractivity (Wildman–Crippen MR) is 112 cm³/mol. The molecule has 0 radical (unpaired) electrons. The number of nitrogens with zero attached hydrogens (tertiary/aromatic N) is 3. The molecule has 0 bridgehead atoms. The highest BCUT2D eigenvalue weighted by atomic mass is 19.3. The Morgan fingerprint density at radius 3 is 2.39 bits per heavy atom. The summed E-state index contributed by atoms with van der Waals surface area (Å²) in [7, 11) is 0. The topological polar surface area (TPSA) is 74.8 Å². The number of rotatable bonds is 10. The number of carbonyl (C=O) groups is 2. The molecule has 1 saturated carbocycles. The van der Waals surface area contributed by atoms with E-state index in [1.807, 2.05) is 6.92 Å². The van der Waals surface area contributed by atoms with Gasteiger partial charge in [-0.2, -0.15) is 0 Å². The van der Waals surface area contributed by atoms with Crippen LogP contribution in [0.2, 0.25) is 0 Å². The van der Waals surface area contributed by atoms with Crippen molar-refractivity contribution >= 4 is 17.5 Å². The van der Waals surface area contributed by atoms with Gasteiger partial charge in [-0.1, -0.05) is 13.3 Å². The van der Waals surface area contributed by atoms with Crippen LogP contribution in [0.3, 0.4) is 0 Å². The van der Waals surface area contributed by atoms with Crippen LogP contribution in [0.1, 0.15) is 49.5 Å². The summed E-state index contributed by atoms with van der Waals surface area (Å²) in [4.78, 5) is 32.2. The Labute approximate surface area is 189 Å². The molecule has 4 rings (SSSR count). The van der Waals surface area contributed by atoms with E-state index in [1.165, 1.54) is 4.90 Å². The van der Waals surface area contributed by atoms with Gasteiger partial charge in [0.2, 0.25) is 11.8 Å². The molecule has 3 fully saturated rings. The van der Waals surface area contributed by atoms with E-state index in [9.17, 15) is 27.2 Å². The lowest BCUT2D eigenvalue weighted by atomic mass is 10.0. The van der Waals surface area contributed by atoms with Crippen molar-refractivity contribution in [3.63, 3.8) is 0 Å². The maximum absolute atomic E-state index is 13.4. The molecule has 11 heteroatoms. The van der Waals surface area contributed by atoms with Crippen molar-refractivity contribution in [1.29, 1.82) is 0 Å². The predicted octanol–water partition coefficient (Wildman–Crippen LogP) is 3.09. The number of aromatic nitrogens is 1. The second kappa shape index (κ2) is 8.98. The number of anilines is 1. The molecular weight excluding hydrogens is 444 g/mol. The summed E-state index contributed by atoms with van der Waals surface area (Å²) >= 11 is 0. The van der Waals surface area contributed by atoms with E-state index in [1.54, 1.807) is 12.1 Å². The van der Waals surface area contributed by atoms with E-state index in [0.29, 0.717) is 25.4 Å². The first-order chi connectivity index (χ1) is 15.5. The highest BCUT2D eigenvalue weighted by molar-refractivity contribution is 5.98. The Morgan fingerprint density at radius 1 is 1.15 bits per heavy atom. The van der Waals surface area contributed by atoms with Crippen LogP contribution in [0, 0.1) is 5.92 Å². The summed E-state index contributed by atoms with van der Waals surface area (Å²) in [5, 5.41) is 2.75. The highest BCUT2D eigenvalue weighted by Gasteiger charge is 2.47. The van der Waals surface area contributed by atoms with Gasteiger partial charge in [-0.15, -0.1) is 0 Å². The van der Waals surface area contributed by atoms with Gasteiger partial charge < -0.3 is 19.9 Å². The summed E-state index contributed by atoms with van der Waals surface area (Å²) in [6.07, 6.45) is 3.13. The van der Waals surface area contributed by atoms with Crippen molar-refractivity contribution in [2.75, 3.05) is 37.7 Å². The lowest BCUT2D eigenvalue weighted by molar-refractivity contribution is -0.166. The van der Waals surface area contributed by atoms with Crippen LogP contribution in [0.5, 0.6) is 5.88 Å². The molecular formula is C22H28F4N4O3. The Balaban J connectivity index is 1.46. The molecule has 1 aromatic heterocycles. The third-order valence-corrected chi connectivity index (χ3v) is 6.00. The van der Waals surface area contributed by atoms with Crippen molar-refractivity contribution in [2.24, 2.45) is 5.92 Å². The number of amides is 2. The number of pyridine rings is 1. The third kappa shape index (κ3) is 5.86. The summed E-state index contributed by atoms with van der Waals surface area (Å²) in [6, 6.07) is 2.51. The van der Waals surface area contributed by atoms with Crippen molar-refractivity contribution in [3.8, 4) is 5.88 Å². The molecule has 33 heavy (non-hydrogen) atoms. The fraction of sp³-hybridized carbons (Fsp3) is 0.682. The molecule has 1 aliphatic carbocycles. The van der Waals surface area contributed by atoms with Gasteiger partial charge in [0.1, 0.15) is 0 Å². The van der Waals surface area contributed by atoms with Gasteiger partial charge in [-0.05, 0) is 31.2 Å². The third-order valence-electron chi connectivity index (χ3n) is 6.00. The van der Waals surface area contributed by atoms with E-state index < -0.39 is 55.9 Å². The second-order valence-electron chi connectivity index (χ2n) is 9.25. The summed E-state index contributed by atoms with van der Waals surface area (Å²) < 4.78 is 58.7. The number of likely N-dealkylation sites (tertiary alicyclic amines) is 1. The first-order valence-corrected chi connectivity index (χ1v) is 11.3. The minimum absolute atomic E-state index is 0.0529. The molecule has 2 saturated heterocycles. The first-order valence-electron chi connectivity index (χ1n) is 11.3.